The first kappa shape index (κ1) is 23.1. The third-order valence-electron chi connectivity index (χ3n) is 4.54. The van der Waals surface area contributed by atoms with Crippen LogP contribution in [0.1, 0.15) is 31.4 Å². The summed E-state index contributed by atoms with van der Waals surface area (Å²) in [5.41, 5.74) is 2.53. The van der Waals surface area contributed by atoms with Gasteiger partial charge in [-0.05, 0) is 82.0 Å². The third kappa shape index (κ3) is 5.98. The molecule has 1 fully saturated rings. The molecule has 0 atom stereocenters. The lowest BCUT2D eigenvalue weighted by Crippen LogP contribution is -2.36. The van der Waals surface area contributed by atoms with Gasteiger partial charge in [-0.3, -0.25) is 19.3 Å². The van der Waals surface area contributed by atoms with Gasteiger partial charge in [0.2, 0.25) is 5.91 Å². The highest BCUT2D eigenvalue weighted by Gasteiger charge is 2.36. The number of nitrogens with zero attached hydrogens (tertiary/aromatic N) is 1. The number of amides is 3. The van der Waals surface area contributed by atoms with Crippen LogP contribution in [0.5, 0.6) is 5.75 Å². The molecule has 3 rings (SSSR count). The normalized spacial score (nSPS) is 14.9. The zero-order valence-electron chi connectivity index (χ0n) is 17.3. The molecule has 1 aliphatic heterocycles. The van der Waals surface area contributed by atoms with Crippen LogP contribution in [0.15, 0.2) is 51.8 Å². The second-order valence-electron chi connectivity index (χ2n) is 6.90. The van der Waals surface area contributed by atoms with E-state index in [4.69, 9.17) is 4.74 Å². The number of aryl methyl sites for hydroxylation is 1. The monoisotopic (exact) mass is 502 g/mol. The Morgan fingerprint density at radius 2 is 1.90 bits per heavy atom. The van der Waals surface area contributed by atoms with Crippen molar-refractivity contribution in [3.05, 3.63) is 63.0 Å². The highest BCUT2D eigenvalue weighted by atomic mass is 79.9. The van der Waals surface area contributed by atoms with Gasteiger partial charge in [0.05, 0.1) is 16.0 Å². The first-order chi connectivity index (χ1) is 14.9. The van der Waals surface area contributed by atoms with E-state index in [0.717, 1.165) is 50.9 Å². The van der Waals surface area contributed by atoms with E-state index in [0.29, 0.717) is 12.3 Å². The zero-order chi connectivity index (χ0) is 22.4. The molecule has 0 saturated carbocycles. The molecule has 0 aliphatic carbocycles. The first-order valence-electron chi connectivity index (χ1n) is 9.97. The molecule has 0 bridgehead atoms. The van der Waals surface area contributed by atoms with Crippen LogP contribution in [0.4, 0.5) is 10.5 Å². The van der Waals surface area contributed by atoms with Crippen molar-refractivity contribution in [2.75, 3.05) is 18.5 Å². The molecule has 0 unspecified atom stereocenters. The maximum Gasteiger partial charge on any atom is 0.294 e. The maximum absolute atomic E-state index is 12.7. The molecule has 31 heavy (non-hydrogen) atoms. The van der Waals surface area contributed by atoms with E-state index in [1.165, 1.54) is 0 Å². The van der Waals surface area contributed by atoms with E-state index in [1.54, 1.807) is 18.2 Å². The quantitative estimate of drug-likeness (QED) is 0.484. The molecule has 2 aromatic carbocycles. The molecule has 3 amide bonds. The smallest absolute Gasteiger partial charge is 0.294 e. The average Bonchev–Trinajstić information content (AvgIpc) is 3.01. The highest BCUT2D eigenvalue weighted by molar-refractivity contribution is 9.10. The van der Waals surface area contributed by atoms with Crippen LogP contribution in [0.3, 0.4) is 0 Å². The summed E-state index contributed by atoms with van der Waals surface area (Å²) >= 11 is 4.29. The molecular formula is C23H23BrN2O4S. The molecule has 6 nitrogen and oxygen atoms in total. The van der Waals surface area contributed by atoms with Gasteiger partial charge >= 0.3 is 0 Å². The first-order valence-corrected chi connectivity index (χ1v) is 11.6. The Kier molecular flexibility index (Phi) is 7.92. The van der Waals surface area contributed by atoms with E-state index in [9.17, 15) is 14.4 Å². The summed E-state index contributed by atoms with van der Waals surface area (Å²) < 4.78 is 6.39. The van der Waals surface area contributed by atoms with Crippen LogP contribution in [0.2, 0.25) is 0 Å². The van der Waals surface area contributed by atoms with E-state index < -0.39 is 17.1 Å². The zero-order valence-corrected chi connectivity index (χ0v) is 19.7. The van der Waals surface area contributed by atoms with Crippen LogP contribution in [0.25, 0.3) is 6.08 Å². The van der Waals surface area contributed by atoms with E-state index in [2.05, 4.69) is 21.2 Å². The Labute approximate surface area is 194 Å². The number of carbonyl (C=O) groups is 3. The van der Waals surface area contributed by atoms with Crippen LogP contribution in [-0.4, -0.2) is 35.1 Å². The lowest BCUT2D eigenvalue weighted by atomic mass is 10.1. The standard InChI is InChI=1S/C23H23BrN2O4S/c1-3-11-30-19-10-7-16(12-18(19)24)13-20-22(28)26(23(29)31-20)14-21(27)25-17-8-5-15(4-2)6-9-17/h5-10,12-13H,3-4,11,14H2,1-2H3,(H,25,27)/b20-13-. The molecule has 1 saturated heterocycles. The van der Waals surface area contributed by atoms with E-state index >= 15 is 0 Å². The summed E-state index contributed by atoms with van der Waals surface area (Å²) in [7, 11) is 0. The molecule has 0 aromatic heterocycles. The summed E-state index contributed by atoms with van der Waals surface area (Å²) in [6, 6.07) is 12.9. The second-order valence-corrected chi connectivity index (χ2v) is 8.75. The Hall–Kier alpha value is -2.58. The number of hydrogen-bond acceptors (Lipinski definition) is 5. The number of hydrogen-bond donors (Lipinski definition) is 1. The van der Waals surface area contributed by atoms with Crippen LogP contribution >= 0.6 is 27.7 Å². The van der Waals surface area contributed by atoms with Crippen molar-refractivity contribution in [3.63, 3.8) is 0 Å². The third-order valence-corrected chi connectivity index (χ3v) is 6.06. The van der Waals surface area contributed by atoms with Crippen molar-refractivity contribution in [2.45, 2.75) is 26.7 Å². The molecule has 0 radical (unpaired) electrons. The largest absolute Gasteiger partial charge is 0.492 e. The predicted octanol–water partition coefficient (Wildman–Crippen LogP) is 5.48. The molecule has 8 heteroatoms. The molecule has 1 aliphatic rings. The number of thioether (sulfide) groups is 1. The van der Waals surface area contributed by atoms with E-state index in [1.807, 2.05) is 44.2 Å². The van der Waals surface area contributed by atoms with E-state index in [-0.39, 0.29) is 11.4 Å². The summed E-state index contributed by atoms with van der Waals surface area (Å²) in [6.45, 7) is 4.36. The summed E-state index contributed by atoms with van der Waals surface area (Å²) in [4.78, 5) is 38.6. The fourth-order valence-corrected chi connectivity index (χ4v) is 4.24. The summed E-state index contributed by atoms with van der Waals surface area (Å²) in [6.07, 6.45) is 3.45. The van der Waals surface area contributed by atoms with Gasteiger partial charge in [-0.1, -0.05) is 32.0 Å². The number of carbonyl (C=O) groups excluding carboxylic acids is 3. The van der Waals surface area contributed by atoms with Crippen molar-refractivity contribution in [1.82, 2.24) is 4.90 Å². The second kappa shape index (κ2) is 10.6. The summed E-state index contributed by atoms with van der Waals surface area (Å²) in [5.74, 6) is -0.183. The molecular weight excluding hydrogens is 480 g/mol. The van der Waals surface area contributed by atoms with Crippen LogP contribution in [-0.2, 0) is 16.0 Å². The highest BCUT2D eigenvalue weighted by Crippen LogP contribution is 2.34. The molecule has 2 aromatic rings. The van der Waals surface area contributed by atoms with Gasteiger partial charge in [-0.2, -0.15) is 0 Å². The average molecular weight is 503 g/mol. The number of rotatable bonds is 8. The van der Waals surface area contributed by atoms with Gasteiger partial charge in [0.25, 0.3) is 11.1 Å². The number of ether oxygens (including phenoxy) is 1. The number of benzene rings is 2. The topological polar surface area (TPSA) is 75.7 Å². The van der Waals surface area contributed by atoms with Crippen molar-refractivity contribution < 1.29 is 19.1 Å². The fourth-order valence-electron chi connectivity index (χ4n) is 2.89. The van der Waals surface area contributed by atoms with Gasteiger partial charge < -0.3 is 10.1 Å². The molecule has 0 spiro atoms. The lowest BCUT2D eigenvalue weighted by molar-refractivity contribution is -0.127. The minimum Gasteiger partial charge on any atom is -0.492 e. The van der Waals surface area contributed by atoms with Crippen molar-refractivity contribution in [2.24, 2.45) is 0 Å². The molecule has 162 valence electrons. The van der Waals surface area contributed by atoms with Crippen molar-refractivity contribution in [3.8, 4) is 5.75 Å². The number of anilines is 1. The van der Waals surface area contributed by atoms with Gasteiger partial charge in [0.15, 0.2) is 0 Å². The van der Waals surface area contributed by atoms with Crippen LogP contribution in [0, 0.1) is 0 Å². The number of nitrogens with one attached hydrogen (secondary N) is 1. The fraction of sp³-hybridized carbons (Fsp3) is 0.261. The van der Waals surface area contributed by atoms with Crippen LogP contribution < -0.4 is 10.1 Å². The Morgan fingerprint density at radius 1 is 1.16 bits per heavy atom. The molecule has 1 heterocycles. The predicted molar refractivity (Wildman–Crippen MR) is 127 cm³/mol. The van der Waals surface area contributed by atoms with Crippen molar-refractivity contribution in [1.29, 1.82) is 0 Å². The van der Waals surface area contributed by atoms with Gasteiger partial charge in [0.1, 0.15) is 12.3 Å². The maximum atomic E-state index is 12.7. The summed E-state index contributed by atoms with van der Waals surface area (Å²) in [5, 5.41) is 2.26. The van der Waals surface area contributed by atoms with Crippen molar-refractivity contribution >= 4 is 56.5 Å². The number of halogens is 1. The SMILES string of the molecule is CCCOc1ccc(/C=C2\SC(=O)N(CC(=O)Nc3ccc(CC)cc3)C2=O)cc1Br. The lowest BCUT2D eigenvalue weighted by Gasteiger charge is -2.12. The minimum absolute atomic E-state index is 0.277. The van der Waals surface area contributed by atoms with Gasteiger partial charge in [0, 0.05) is 5.69 Å². The van der Waals surface area contributed by atoms with Gasteiger partial charge in [-0.25, -0.2) is 0 Å². The minimum atomic E-state index is -0.478. The van der Waals surface area contributed by atoms with Gasteiger partial charge in [-0.15, -0.1) is 0 Å². The Morgan fingerprint density at radius 3 is 2.55 bits per heavy atom. The Balaban J connectivity index is 1.65. The number of imide groups is 1. The molecule has 1 N–H and O–H groups in total. The Bertz CT molecular complexity index is 1020.